The fraction of sp³-hybridized carbons (Fsp3) is 0.323. The number of imide groups is 1. The molecular weight excluding hydrogens is 496 g/mol. The molecule has 2 N–H and O–H groups in total. The number of rotatable bonds is 6. The molecule has 0 spiro atoms. The van der Waals surface area contributed by atoms with Gasteiger partial charge in [0.1, 0.15) is 18.1 Å². The fourth-order valence-electron chi connectivity index (χ4n) is 6.30. The van der Waals surface area contributed by atoms with Crippen LogP contribution in [0.2, 0.25) is 0 Å². The monoisotopic (exact) mass is 526 g/mol. The second-order valence-corrected chi connectivity index (χ2v) is 10.4. The van der Waals surface area contributed by atoms with Gasteiger partial charge in [-0.1, -0.05) is 59.8 Å². The molecule has 8 heteroatoms. The van der Waals surface area contributed by atoms with Gasteiger partial charge >= 0.3 is 0 Å². The van der Waals surface area contributed by atoms with Crippen molar-refractivity contribution in [1.29, 1.82) is 0 Å². The fourth-order valence-corrected chi connectivity index (χ4v) is 6.30. The number of para-hydroxylation sites is 1. The van der Waals surface area contributed by atoms with Gasteiger partial charge in [-0.05, 0) is 42.7 Å². The number of aliphatic hydroxyl groups excluding tert-OH is 2. The van der Waals surface area contributed by atoms with Crippen LogP contribution in [0.1, 0.15) is 24.8 Å². The highest BCUT2D eigenvalue weighted by Crippen LogP contribution is 2.50. The van der Waals surface area contributed by atoms with Gasteiger partial charge in [-0.3, -0.25) is 9.59 Å². The Morgan fingerprint density at radius 2 is 1.51 bits per heavy atom. The van der Waals surface area contributed by atoms with Gasteiger partial charge in [-0.15, -0.1) is 0 Å². The van der Waals surface area contributed by atoms with E-state index in [0.29, 0.717) is 35.7 Å². The number of oxime groups is 1. The molecule has 3 aliphatic rings. The molecular formula is C31H30N2O6. The summed E-state index contributed by atoms with van der Waals surface area (Å²) in [5.41, 5.74) is 2.02. The van der Waals surface area contributed by atoms with Crippen LogP contribution in [0.3, 0.4) is 0 Å². The first-order valence-corrected chi connectivity index (χ1v) is 13.3. The lowest BCUT2D eigenvalue weighted by Gasteiger charge is -2.45. The Kier molecular flexibility index (Phi) is 6.89. The Morgan fingerprint density at radius 3 is 2.28 bits per heavy atom. The maximum atomic E-state index is 13.8. The molecule has 3 aromatic carbocycles. The first-order valence-electron chi connectivity index (χ1n) is 13.3. The molecule has 0 radical (unpaired) electrons. The van der Waals surface area contributed by atoms with Crippen LogP contribution in [0, 0.1) is 23.7 Å². The average Bonchev–Trinajstić information content (AvgIpc) is 3.22. The molecule has 1 aliphatic heterocycles. The van der Waals surface area contributed by atoms with E-state index in [9.17, 15) is 19.8 Å². The van der Waals surface area contributed by atoms with E-state index >= 15 is 0 Å². The Bertz CT molecular complexity index is 1380. The maximum Gasteiger partial charge on any atom is 0.238 e. The molecule has 2 aliphatic carbocycles. The summed E-state index contributed by atoms with van der Waals surface area (Å²) in [7, 11) is 0. The van der Waals surface area contributed by atoms with Crippen LogP contribution >= 0.6 is 0 Å². The minimum absolute atomic E-state index is 0.166. The van der Waals surface area contributed by atoms with Crippen LogP contribution in [0.25, 0.3) is 0 Å². The highest BCUT2D eigenvalue weighted by Gasteiger charge is 2.60. The lowest BCUT2D eigenvalue weighted by molar-refractivity contribution is -0.132. The highest BCUT2D eigenvalue weighted by molar-refractivity contribution is 6.22. The molecule has 0 unspecified atom stereocenters. The van der Waals surface area contributed by atoms with Crippen molar-refractivity contribution in [1.82, 2.24) is 0 Å². The largest absolute Gasteiger partial charge is 0.457 e. The normalized spacial score (nSPS) is 29.2. The zero-order valence-corrected chi connectivity index (χ0v) is 21.3. The summed E-state index contributed by atoms with van der Waals surface area (Å²) < 4.78 is 5.92. The predicted octanol–water partition coefficient (Wildman–Crippen LogP) is 4.31. The molecule has 200 valence electrons. The summed E-state index contributed by atoms with van der Waals surface area (Å²) in [5.74, 6) is -1.71. The van der Waals surface area contributed by atoms with Crippen molar-refractivity contribution in [2.24, 2.45) is 28.8 Å². The van der Waals surface area contributed by atoms with Crippen LogP contribution in [0.5, 0.6) is 11.5 Å². The number of hydrogen-bond acceptors (Lipinski definition) is 7. The number of anilines is 1. The second-order valence-electron chi connectivity index (χ2n) is 10.4. The number of carbonyl (C=O) groups excluding carboxylic acids is 2. The number of fused-ring (bicyclic) bond motifs is 3. The molecule has 39 heavy (non-hydrogen) atoms. The van der Waals surface area contributed by atoms with E-state index in [1.807, 2.05) is 60.7 Å². The molecule has 2 saturated carbocycles. The van der Waals surface area contributed by atoms with Crippen molar-refractivity contribution in [3.05, 3.63) is 90.5 Å². The predicted molar refractivity (Wildman–Crippen MR) is 144 cm³/mol. The van der Waals surface area contributed by atoms with Crippen molar-refractivity contribution in [2.75, 3.05) is 4.90 Å². The van der Waals surface area contributed by atoms with Gasteiger partial charge in [0.25, 0.3) is 0 Å². The summed E-state index contributed by atoms with van der Waals surface area (Å²) in [4.78, 5) is 34.2. The average molecular weight is 527 g/mol. The third-order valence-corrected chi connectivity index (χ3v) is 8.09. The number of aliphatic hydroxyl groups is 2. The number of ether oxygens (including phenoxy) is 1. The zero-order chi connectivity index (χ0) is 26.9. The second kappa shape index (κ2) is 10.6. The summed E-state index contributed by atoms with van der Waals surface area (Å²) in [5, 5.41) is 26.1. The van der Waals surface area contributed by atoms with Crippen molar-refractivity contribution in [3.63, 3.8) is 0 Å². The van der Waals surface area contributed by atoms with Crippen LogP contribution in [-0.4, -0.2) is 39.9 Å². The molecule has 0 aromatic heterocycles. The Morgan fingerprint density at radius 1 is 0.821 bits per heavy atom. The van der Waals surface area contributed by atoms with Crippen LogP contribution in [0.4, 0.5) is 5.69 Å². The van der Waals surface area contributed by atoms with Gasteiger partial charge in [0, 0.05) is 24.3 Å². The lowest BCUT2D eigenvalue weighted by atomic mass is 9.60. The van der Waals surface area contributed by atoms with Crippen LogP contribution in [-0.2, 0) is 21.0 Å². The third-order valence-electron chi connectivity index (χ3n) is 8.09. The maximum absolute atomic E-state index is 13.8. The van der Waals surface area contributed by atoms with E-state index in [1.165, 1.54) is 4.90 Å². The highest BCUT2D eigenvalue weighted by atomic mass is 16.6. The van der Waals surface area contributed by atoms with Gasteiger partial charge in [0.2, 0.25) is 11.8 Å². The topological polar surface area (TPSA) is 109 Å². The minimum atomic E-state index is -1.14. The molecule has 1 heterocycles. The molecule has 8 nitrogen and oxygen atoms in total. The van der Waals surface area contributed by atoms with Crippen molar-refractivity contribution >= 4 is 23.2 Å². The van der Waals surface area contributed by atoms with E-state index in [2.05, 4.69) is 5.16 Å². The van der Waals surface area contributed by atoms with Gasteiger partial charge in [-0.25, -0.2) is 4.90 Å². The summed E-state index contributed by atoms with van der Waals surface area (Å²) >= 11 is 0. The molecule has 1 saturated heterocycles. The van der Waals surface area contributed by atoms with Crippen LogP contribution in [0.15, 0.2) is 90.1 Å². The standard InChI is InChI=1S/C31H30N2O6/c34-26-17-25(32-38-18-19-8-3-1-4-9-19)23-14-15-24-28(27(23)29(26)35)31(37)33(30(24)36)20-10-7-13-22(16-20)39-21-11-5-2-6-12-21/h1-13,16,23-24,26-29,34-35H,14-15,17-18H2/t23-,24-,26-,27+,28-,29-/m1/s1. The van der Waals surface area contributed by atoms with Crippen molar-refractivity contribution in [2.45, 2.75) is 38.1 Å². The van der Waals surface area contributed by atoms with E-state index in [4.69, 9.17) is 9.57 Å². The van der Waals surface area contributed by atoms with Gasteiger partial charge < -0.3 is 19.8 Å². The number of hydrogen-bond donors (Lipinski definition) is 2. The van der Waals surface area contributed by atoms with Crippen LogP contribution < -0.4 is 9.64 Å². The summed E-state index contributed by atoms with van der Waals surface area (Å²) in [6.07, 6.45) is -0.996. The number of carbonyl (C=O) groups is 2. The SMILES string of the molecule is O=C1[C@H]2[C@H]3[C@H](O)[C@H](O)CC(=NOCc4ccccc4)[C@H]3CC[C@H]2C(=O)N1c1cccc(Oc2ccccc2)c1. The van der Waals surface area contributed by atoms with E-state index in [1.54, 1.807) is 24.3 Å². The molecule has 6 atom stereocenters. The molecule has 3 fully saturated rings. The lowest BCUT2D eigenvalue weighted by Crippen LogP contribution is -2.54. The van der Waals surface area contributed by atoms with E-state index < -0.39 is 30.0 Å². The van der Waals surface area contributed by atoms with Crippen molar-refractivity contribution in [3.8, 4) is 11.5 Å². The third kappa shape index (κ3) is 4.82. The van der Waals surface area contributed by atoms with Gasteiger partial charge in [0.05, 0.1) is 35.4 Å². The molecule has 6 rings (SSSR count). The van der Waals surface area contributed by atoms with E-state index in [-0.39, 0.29) is 30.8 Å². The van der Waals surface area contributed by atoms with Gasteiger partial charge in [0.15, 0.2) is 0 Å². The molecule has 3 aromatic rings. The minimum Gasteiger partial charge on any atom is -0.457 e. The molecule has 0 bridgehead atoms. The Hall–Kier alpha value is -4.01. The van der Waals surface area contributed by atoms with Crippen molar-refractivity contribution < 1.29 is 29.4 Å². The Balaban J connectivity index is 1.24. The quantitative estimate of drug-likeness (QED) is 0.366. The number of amides is 2. The number of benzene rings is 3. The molecule has 2 amide bonds. The summed E-state index contributed by atoms with van der Waals surface area (Å²) in [6, 6.07) is 25.8. The number of nitrogens with zero attached hydrogens (tertiary/aromatic N) is 2. The smallest absolute Gasteiger partial charge is 0.238 e. The first-order chi connectivity index (χ1) is 19.0. The van der Waals surface area contributed by atoms with E-state index in [0.717, 1.165) is 5.56 Å². The Labute approximate surface area is 226 Å². The van der Waals surface area contributed by atoms with Gasteiger partial charge in [-0.2, -0.15) is 0 Å². The zero-order valence-electron chi connectivity index (χ0n) is 21.3. The summed E-state index contributed by atoms with van der Waals surface area (Å²) in [6.45, 7) is 0.277. The first kappa shape index (κ1) is 25.3.